The Morgan fingerprint density at radius 2 is 1.93 bits per heavy atom. The van der Waals surface area contributed by atoms with E-state index < -0.39 is 5.60 Å². The number of aliphatic hydroxyl groups is 1. The van der Waals surface area contributed by atoms with Crippen molar-refractivity contribution < 1.29 is 5.11 Å². The van der Waals surface area contributed by atoms with Gasteiger partial charge >= 0.3 is 0 Å². The minimum absolute atomic E-state index is 0.496. The van der Waals surface area contributed by atoms with E-state index in [-0.39, 0.29) is 0 Å². The van der Waals surface area contributed by atoms with Crippen LogP contribution in [0.3, 0.4) is 0 Å². The van der Waals surface area contributed by atoms with Crippen LogP contribution in [-0.4, -0.2) is 5.11 Å². The summed E-state index contributed by atoms with van der Waals surface area (Å²) in [5.41, 5.74) is 0.636. The van der Waals surface area contributed by atoms with Crippen LogP contribution in [0.15, 0.2) is 30.3 Å². The molecule has 0 spiro atoms. The molecule has 1 N–H and O–H groups in total. The van der Waals surface area contributed by atoms with Crippen LogP contribution in [-0.2, 0) is 5.60 Å². The van der Waals surface area contributed by atoms with E-state index in [0.717, 1.165) is 17.9 Å². The lowest BCUT2D eigenvalue weighted by molar-refractivity contribution is -0.0182. The number of hydrogen-bond donors (Lipinski definition) is 1. The van der Waals surface area contributed by atoms with Crippen molar-refractivity contribution in [2.75, 3.05) is 0 Å². The molecule has 1 heteroatoms. The van der Waals surface area contributed by atoms with E-state index >= 15 is 0 Å². The monoisotopic (exact) mass is 188 g/mol. The van der Waals surface area contributed by atoms with E-state index in [0.29, 0.717) is 5.92 Å². The fourth-order valence-electron chi connectivity index (χ4n) is 3.38. The molecule has 2 aliphatic rings. The summed E-state index contributed by atoms with van der Waals surface area (Å²) in [5.74, 6) is 1.31. The van der Waals surface area contributed by atoms with Crippen molar-refractivity contribution in [3.8, 4) is 0 Å². The highest BCUT2D eigenvalue weighted by atomic mass is 16.3. The number of hydrogen-bond acceptors (Lipinski definition) is 1. The zero-order valence-corrected chi connectivity index (χ0v) is 8.32. The van der Waals surface area contributed by atoms with Gasteiger partial charge in [-0.2, -0.15) is 0 Å². The van der Waals surface area contributed by atoms with Crippen LogP contribution in [0.5, 0.6) is 0 Å². The quantitative estimate of drug-likeness (QED) is 0.718. The van der Waals surface area contributed by atoms with Gasteiger partial charge in [0.25, 0.3) is 0 Å². The molecule has 0 aliphatic heterocycles. The molecule has 74 valence electrons. The van der Waals surface area contributed by atoms with Gasteiger partial charge in [0.2, 0.25) is 0 Å². The van der Waals surface area contributed by atoms with Crippen LogP contribution in [0.2, 0.25) is 0 Å². The number of fused-ring (bicyclic) bond motifs is 2. The molecule has 3 rings (SSSR count). The fourth-order valence-corrected chi connectivity index (χ4v) is 3.38. The Labute approximate surface area is 84.8 Å². The lowest BCUT2D eigenvalue weighted by Gasteiger charge is -2.32. The molecule has 2 bridgehead atoms. The predicted molar refractivity (Wildman–Crippen MR) is 55.8 cm³/mol. The van der Waals surface area contributed by atoms with Crippen LogP contribution < -0.4 is 0 Å². The molecular weight excluding hydrogens is 172 g/mol. The van der Waals surface area contributed by atoms with Crippen molar-refractivity contribution in [3.05, 3.63) is 35.9 Å². The van der Waals surface area contributed by atoms with E-state index in [1.807, 2.05) is 18.2 Å². The van der Waals surface area contributed by atoms with Gasteiger partial charge in [0.05, 0.1) is 5.60 Å². The Morgan fingerprint density at radius 1 is 1.14 bits per heavy atom. The molecule has 0 unspecified atom stereocenters. The lowest BCUT2D eigenvalue weighted by Crippen LogP contribution is -2.31. The first-order valence-electron chi connectivity index (χ1n) is 5.57. The summed E-state index contributed by atoms with van der Waals surface area (Å²) in [6.07, 6.45) is 4.78. The third-order valence-electron chi connectivity index (χ3n) is 4.09. The van der Waals surface area contributed by atoms with Crippen LogP contribution >= 0.6 is 0 Å². The Bertz CT molecular complexity index is 332. The summed E-state index contributed by atoms with van der Waals surface area (Å²) in [5, 5.41) is 10.7. The maximum Gasteiger partial charge on any atom is 0.0927 e. The third kappa shape index (κ3) is 1.05. The summed E-state index contributed by atoms with van der Waals surface area (Å²) >= 11 is 0. The van der Waals surface area contributed by atoms with Crippen LogP contribution in [0, 0.1) is 11.8 Å². The highest BCUT2D eigenvalue weighted by Crippen LogP contribution is 2.55. The summed E-state index contributed by atoms with van der Waals surface area (Å²) in [6.45, 7) is 0. The van der Waals surface area contributed by atoms with Gasteiger partial charge in [-0.1, -0.05) is 30.3 Å². The van der Waals surface area contributed by atoms with Gasteiger partial charge in [0.1, 0.15) is 0 Å². The minimum atomic E-state index is -0.496. The third-order valence-corrected chi connectivity index (χ3v) is 4.09. The molecule has 1 aromatic carbocycles. The summed E-state index contributed by atoms with van der Waals surface area (Å²) in [4.78, 5) is 0. The lowest BCUT2D eigenvalue weighted by atomic mass is 9.79. The van der Waals surface area contributed by atoms with Crippen LogP contribution in [0.25, 0.3) is 0 Å². The molecule has 2 fully saturated rings. The second-order valence-corrected chi connectivity index (χ2v) is 4.87. The molecule has 0 saturated heterocycles. The smallest absolute Gasteiger partial charge is 0.0927 e. The van der Waals surface area contributed by atoms with Gasteiger partial charge in [-0.05, 0) is 43.1 Å². The predicted octanol–water partition coefficient (Wildman–Crippen LogP) is 2.69. The summed E-state index contributed by atoms with van der Waals surface area (Å²) < 4.78 is 0. The average Bonchev–Trinajstić information content (AvgIpc) is 2.79. The topological polar surface area (TPSA) is 20.2 Å². The second kappa shape index (κ2) is 2.83. The molecule has 2 aliphatic carbocycles. The Morgan fingerprint density at radius 3 is 2.50 bits per heavy atom. The van der Waals surface area contributed by atoms with E-state index in [4.69, 9.17) is 0 Å². The van der Waals surface area contributed by atoms with Crippen molar-refractivity contribution in [1.29, 1.82) is 0 Å². The van der Waals surface area contributed by atoms with Gasteiger partial charge in [-0.25, -0.2) is 0 Å². The zero-order chi connectivity index (χ0) is 9.60. The van der Waals surface area contributed by atoms with Crippen molar-refractivity contribution in [2.24, 2.45) is 11.8 Å². The number of rotatable bonds is 1. The highest BCUT2D eigenvalue weighted by molar-refractivity contribution is 5.26. The first-order valence-corrected chi connectivity index (χ1v) is 5.57. The Balaban J connectivity index is 1.98. The van der Waals surface area contributed by atoms with Gasteiger partial charge < -0.3 is 5.11 Å². The largest absolute Gasteiger partial charge is 0.385 e. The molecule has 2 saturated carbocycles. The maximum absolute atomic E-state index is 10.7. The molecule has 14 heavy (non-hydrogen) atoms. The minimum Gasteiger partial charge on any atom is -0.385 e. The molecule has 1 nitrogen and oxygen atoms in total. The van der Waals surface area contributed by atoms with Gasteiger partial charge in [-0.3, -0.25) is 0 Å². The molecule has 1 aromatic rings. The van der Waals surface area contributed by atoms with E-state index in [1.165, 1.54) is 19.3 Å². The van der Waals surface area contributed by atoms with Gasteiger partial charge in [0.15, 0.2) is 0 Å². The molecule has 0 aromatic heterocycles. The van der Waals surface area contributed by atoms with Crippen molar-refractivity contribution in [1.82, 2.24) is 0 Å². The molecule has 0 radical (unpaired) electrons. The molecular formula is C13H16O. The Kier molecular flexibility index (Phi) is 1.72. The highest BCUT2D eigenvalue weighted by Gasteiger charge is 2.50. The first-order chi connectivity index (χ1) is 6.79. The second-order valence-electron chi connectivity index (χ2n) is 4.87. The van der Waals surface area contributed by atoms with Crippen molar-refractivity contribution >= 4 is 0 Å². The van der Waals surface area contributed by atoms with Crippen molar-refractivity contribution in [2.45, 2.75) is 31.3 Å². The normalized spacial score (nSPS) is 40.4. The SMILES string of the molecule is O[C@@]1(c2ccccc2)C[C@H]2CC[C@H]1C2. The van der Waals surface area contributed by atoms with Crippen LogP contribution in [0.4, 0.5) is 0 Å². The van der Waals surface area contributed by atoms with Crippen molar-refractivity contribution in [3.63, 3.8) is 0 Å². The first kappa shape index (κ1) is 8.49. The summed E-state index contributed by atoms with van der Waals surface area (Å²) in [6, 6.07) is 10.2. The fraction of sp³-hybridized carbons (Fsp3) is 0.538. The van der Waals surface area contributed by atoms with E-state index in [2.05, 4.69) is 12.1 Å². The van der Waals surface area contributed by atoms with Crippen LogP contribution in [0.1, 0.15) is 31.2 Å². The standard InChI is InChI=1S/C13H16O/c14-13(11-4-2-1-3-5-11)9-10-6-7-12(13)8-10/h1-5,10,12,14H,6-9H2/t10-,12-,13+/m0/s1. The molecule has 3 atom stereocenters. The summed E-state index contributed by atoms with van der Waals surface area (Å²) in [7, 11) is 0. The maximum atomic E-state index is 10.7. The average molecular weight is 188 g/mol. The van der Waals surface area contributed by atoms with Gasteiger partial charge in [-0.15, -0.1) is 0 Å². The van der Waals surface area contributed by atoms with E-state index in [9.17, 15) is 5.11 Å². The van der Waals surface area contributed by atoms with E-state index in [1.54, 1.807) is 0 Å². The number of benzene rings is 1. The zero-order valence-electron chi connectivity index (χ0n) is 8.32. The molecule has 0 heterocycles. The Hall–Kier alpha value is -0.820. The molecule has 0 amide bonds. The van der Waals surface area contributed by atoms with Gasteiger partial charge in [0, 0.05) is 0 Å².